The van der Waals surface area contributed by atoms with Gasteiger partial charge in [0.2, 0.25) is 0 Å². The van der Waals surface area contributed by atoms with E-state index in [0.717, 1.165) is 50.7 Å². The number of aliphatic imine (C=N–C) groups is 1. The Morgan fingerprint density at radius 2 is 1.78 bits per heavy atom. The van der Waals surface area contributed by atoms with Crippen molar-refractivity contribution in [1.82, 2.24) is 0 Å². The predicted octanol–water partition coefficient (Wildman–Crippen LogP) is 5.72. The summed E-state index contributed by atoms with van der Waals surface area (Å²) in [5, 5.41) is 0. The van der Waals surface area contributed by atoms with Crippen LogP contribution in [0.15, 0.2) is 16.6 Å². The summed E-state index contributed by atoms with van der Waals surface area (Å²) in [6, 6.07) is 0. The maximum Gasteiger partial charge on any atom is 0.302 e. The lowest BCUT2D eigenvalue weighted by Crippen LogP contribution is -2.52. The fraction of sp³-hybridized carbons (Fsp3) is 0.806. The molecule has 4 aliphatic carbocycles. The molecule has 0 bridgehead atoms. The molecular formula is C31H45NO5. The van der Waals surface area contributed by atoms with Gasteiger partial charge in [0, 0.05) is 45.1 Å². The quantitative estimate of drug-likeness (QED) is 0.356. The first kappa shape index (κ1) is 26.6. The third-order valence-electron chi connectivity index (χ3n) is 11.2. The Morgan fingerprint density at radius 1 is 1.05 bits per heavy atom. The molecule has 37 heavy (non-hydrogen) atoms. The first-order chi connectivity index (χ1) is 17.4. The Bertz CT molecular complexity index is 1030. The second-order valence-corrected chi connectivity index (χ2v) is 13.4. The maximum absolute atomic E-state index is 13.0. The lowest BCUT2D eigenvalue weighted by Gasteiger charge is -2.58. The van der Waals surface area contributed by atoms with Crippen LogP contribution in [0.5, 0.6) is 0 Å². The number of carbonyl (C=O) groups excluding carboxylic acids is 3. The van der Waals surface area contributed by atoms with Gasteiger partial charge in [-0.1, -0.05) is 39.3 Å². The van der Waals surface area contributed by atoms with E-state index in [1.165, 1.54) is 19.4 Å². The molecular weight excluding hydrogens is 466 g/mol. The molecule has 0 spiro atoms. The number of hydrogen-bond donors (Lipinski definition) is 0. The van der Waals surface area contributed by atoms with Crippen molar-refractivity contribution < 1.29 is 23.9 Å². The van der Waals surface area contributed by atoms with Gasteiger partial charge < -0.3 is 9.47 Å². The zero-order chi connectivity index (χ0) is 26.7. The van der Waals surface area contributed by atoms with Gasteiger partial charge in [0.15, 0.2) is 5.78 Å². The van der Waals surface area contributed by atoms with Gasteiger partial charge in [-0.3, -0.25) is 19.4 Å². The SMILES string of the molecule is CC(=O)OC1CCC2(C)C(=CCC3C2CCC2(C)C3CC(OC(C)=O)C2C(C)C2=NCC(C)CC2=O)C1. The van der Waals surface area contributed by atoms with Crippen LogP contribution in [0.2, 0.25) is 0 Å². The summed E-state index contributed by atoms with van der Waals surface area (Å²) in [6.07, 6.45) is 9.84. The van der Waals surface area contributed by atoms with Crippen molar-refractivity contribution in [3.05, 3.63) is 11.6 Å². The van der Waals surface area contributed by atoms with Crippen molar-refractivity contribution in [3.8, 4) is 0 Å². The van der Waals surface area contributed by atoms with E-state index in [4.69, 9.17) is 14.5 Å². The van der Waals surface area contributed by atoms with Crippen molar-refractivity contribution in [2.45, 2.75) is 105 Å². The fourth-order valence-electron chi connectivity index (χ4n) is 9.61. The van der Waals surface area contributed by atoms with E-state index < -0.39 is 0 Å². The van der Waals surface area contributed by atoms with Crippen molar-refractivity contribution in [2.75, 3.05) is 6.54 Å². The van der Waals surface area contributed by atoms with Gasteiger partial charge in [0.25, 0.3) is 0 Å². The highest BCUT2D eigenvalue weighted by molar-refractivity contribution is 6.41. The lowest BCUT2D eigenvalue weighted by molar-refractivity contribution is -0.150. The molecule has 5 aliphatic rings. The summed E-state index contributed by atoms with van der Waals surface area (Å²) in [5.41, 5.74) is 2.35. The predicted molar refractivity (Wildman–Crippen MR) is 142 cm³/mol. The molecule has 0 amide bonds. The van der Waals surface area contributed by atoms with E-state index in [1.807, 2.05) is 0 Å². The molecule has 1 aliphatic heterocycles. The molecule has 204 valence electrons. The van der Waals surface area contributed by atoms with Crippen LogP contribution in [0.4, 0.5) is 0 Å². The van der Waals surface area contributed by atoms with E-state index in [-0.39, 0.29) is 52.6 Å². The number of ether oxygens (including phenoxy) is 2. The van der Waals surface area contributed by atoms with E-state index in [0.29, 0.717) is 36.6 Å². The van der Waals surface area contributed by atoms with Crippen LogP contribution < -0.4 is 0 Å². The van der Waals surface area contributed by atoms with Gasteiger partial charge >= 0.3 is 11.9 Å². The van der Waals surface area contributed by atoms with Crippen LogP contribution in [0.3, 0.4) is 0 Å². The largest absolute Gasteiger partial charge is 0.462 e. The fourth-order valence-corrected chi connectivity index (χ4v) is 9.61. The molecule has 0 saturated heterocycles. The summed E-state index contributed by atoms with van der Waals surface area (Å²) < 4.78 is 11.6. The number of nitrogens with zero attached hydrogens (tertiary/aromatic N) is 1. The minimum atomic E-state index is -0.229. The summed E-state index contributed by atoms with van der Waals surface area (Å²) >= 11 is 0. The maximum atomic E-state index is 13.0. The van der Waals surface area contributed by atoms with E-state index in [2.05, 4.69) is 33.8 Å². The average Bonchev–Trinajstić information content (AvgIpc) is 3.09. The molecule has 0 aromatic heterocycles. The van der Waals surface area contributed by atoms with Gasteiger partial charge in [-0.05, 0) is 73.0 Å². The highest BCUT2D eigenvalue weighted by Gasteiger charge is 2.63. The third kappa shape index (κ3) is 4.50. The van der Waals surface area contributed by atoms with Crippen LogP contribution >= 0.6 is 0 Å². The number of allylic oxidation sites excluding steroid dienone is 1. The molecule has 3 fully saturated rings. The summed E-state index contributed by atoms with van der Waals surface area (Å²) in [4.78, 5) is 41.6. The third-order valence-corrected chi connectivity index (χ3v) is 11.2. The molecule has 0 radical (unpaired) electrons. The monoisotopic (exact) mass is 511 g/mol. The number of ketones is 1. The summed E-state index contributed by atoms with van der Waals surface area (Å²) in [6.45, 7) is 12.8. The number of hydrogen-bond acceptors (Lipinski definition) is 6. The smallest absolute Gasteiger partial charge is 0.302 e. The molecule has 10 unspecified atom stereocenters. The molecule has 6 nitrogen and oxygen atoms in total. The van der Waals surface area contributed by atoms with E-state index in [1.54, 1.807) is 0 Å². The number of rotatable bonds is 4. The summed E-state index contributed by atoms with van der Waals surface area (Å²) in [7, 11) is 0. The normalized spacial score (nSPS) is 43.9. The van der Waals surface area contributed by atoms with Crippen LogP contribution in [-0.2, 0) is 23.9 Å². The van der Waals surface area contributed by atoms with Crippen molar-refractivity contribution >= 4 is 23.4 Å². The number of fused-ring (bicyclic) bond motifs is 5. The molecule has 5 rings (SSSR count). The first-order valence-electron chi connectivity index (χ1n) is 14.6. The van der Waals surface area contributed by atoms with Gasteiger partial charge in [0.05, 0.1) is 5.71 Å². The van der Waals surface area contributed by atoms with Crippen molar-refractivity contribution in [3.63, 3.8) is 0 Å². The second-order valence-electron chi connectivity index (χ2n) is 13.4. The summed E-state index contributed by atoms with van der Waals surface area (Å²) in [5.74, 6) is 1.73. The van der Waals surface area contributed by atoms with Crippen molar-refractivity contribution in [1.29, 1.82) is 0 Å². The Kier molecular flexibility index (Phi) is 6.94. The highest BCUT2D eigenvalue weighted by atomic mass is 16.5. The minimum absolute atomic E-state index is 0.00318. The Balaban J connectivity index is 1.44. The molecule has 0 aromatic carbocycles. The number of Topliss-reactive ketones (excluding diaryl/α,β-unsaturated/α-hetero) is 1. The van der Waals surface area contributed by atoms with E-state index in [9.17, 15) is 14.4 Å². The molecule has 3 saturated carbocycles. The molecule has 0 N–H and O–H groups in total. The van der Waals surface area contributed by atoms with Gasteiger partial charge in [-0.2, -0.15) is 0 Å². The first-order valence-corrected chi connectivity index (χ1v) is 14.6. The van der Waals surface area contributed by atoms with Gasteiger partial charge in [-0.25, -0.2) is 0 Å². The topological polar surface area (TPSA) is 82.0 Å². The molecule has 1 heterocycles. The van der Waals surface area contributed by atoms with Gasteiger partial charge in [-0.15, -0.1) is 0 Å². The lowest BCUT2D eigenvalue weighted by atomic mass is 9.47. The van der Waals surface area contributed by atoms with Crippen LogP contribution in [-0.4, -0.2) is 42.2 Å². The zero-order valence-corrected chi connectivity index (χ0v) is 23.5. The zero-order valence-electron chi connectivity index (χ0n) is 23.5. The Labute approximate surface area is 222 Å². The molecule has 0 aromatic rings. The Morgan fingerprint density at radius 3 is 2.46 bits per heavy atom. The van der Waals surface area contributed by atoms with Crippen LogP contribution in [0.1, 0.15) is 92.9 Å². The van der Waals surface area contributed by atoms with Crippen LogP contribution in [0, 0.1) is 46.3 Å². The standard InChI is InChI=1S/C31H45NO5/c1-17-13-26(35)29(32-16-17)18(2)28-27(37-20(4)34)15-25-23-8-7-21-14-22(36-19(3)33)9-11-30(21,5)24(23)10-12-31(25,28)6/h7,17-18,22-25,27-28H,8-16H2,1-6H3. The Hall–Kier alpha value is -1.98. The van der Waals surface area contributed by atoms with Gasteiger partial charge in [0.1, 0.15) is 12.2 Å². The van der Waals surface area contributed by atoms with Crippen molar-refractivity contribution in [2.24, 2.45) is 51.3 Å². The van der Waals surface area contributed by atoms with E-state index >= 15 is 0 Å². The number of esters is 2. The average molecular weight is 512 g/mol. The second kappa shape index (κ2) is 9.64. The van der Waals surface area contributed by atoms with Crippen LogP contribution in [0.25, 0.3) is 0 Å². The molecule has 10 atom stereocenters. The highest BCUT2D eigenvalue weighted by Crippen LogP contribution is 2.67. The number of carbonyl (C=O) groups is 3. The molecule has 6 heteroatoms. The minimum Gasteiger partial charge on any atom is -0.462 e.